The average Bonchev–Trinajstić information content (AvgIpc) is 2.96. The van der Waals surface area contributed by atoms with Gasteiger partial charge in [-0.05, 0) is 93.3 Å². The Balaban J connectivity index is 2.02. The fourth-order valence-electron chi connectivity index (χ4n) is 3.97. The first kappa shape index (κ1) is 31.5. The van der Waals surface area contributed by atoms with Crippen LogP contribution in [-0.4, -0.2) is 57.1 Å². The van der Waals surface area contributed by atoms with Gasteiger partial charge in [0, 0.05) is 22.5 Å². The van der Waals surface area contributed by atoms with Crippen molar-refractivity contribution in [1.82, 2.24) is 10.2 Å². The van der Waals surface area contributed by atoms with Gasteiger partial charge < -0.3 is 15.0 Å². The molecule has 8 nitrogen and oxygen atoms in total. The maximum absolute atomic E-state index is 13.9. The maximum atomic E-state index is 13.9. The fourth-order valence-corrected chi connectivity index (χ4v) is 6.06. The van der Waals surface area contributed by atoms with Gasteiger partial charge in [-0.15, -0.1) is 11.8 Å². The summed E-state index contributed by atoms with van der Waals surface area (Å²) in [5.41, 5.74) is 1.11. The van der Waals surface area contributed by atoms with Gasteiger partial charge in [0.25, 0.3) is 10.0 Å². The number of halogens is 1. The molecule has 3 aromatic rings. The average molecular weight is 649 g/mol. The minimum atomic E-state index is -4.14. The molecule has 1 atom stereocenters. The number of anilines is 1. The first-order valence-corrected chi connectivity index (χ1v) is 16.3. The summed E-state index contributed by atoms with van der Waals surface area (Å²) in [5, 5.41) is 2.76. The lowest BCUT2D eigenvalue weighted by Gasteiger charge is -2.32. The van der Waals surface area contributed by atoms with Crippen LogP contribution in [-0.2, 0) is 26.2 Å². The van der Waals surface area contributed by atoms with E-state index < -0.39 is 28.5 Å². The maximum Gasteiger partial charge on any atom is 0.264 e. The van der Waals surface area contributed by atoms with E-state index in [0.29, 0.717) is 24.6 Å². The molecule has 3 rings (SSSR count). The number of carbonyl (C=O) groups is 2. The third-order valence-corrected chi connectivity index (χ3v) is 9.21. The lowest BCUT2D eigenvalue weighted by atomic mass is 10.1. The van der Waals surface area contributed by atoms with Crippen molar-refractivity contribution in [3.8, 4) is 5.75 Å². The van der Waals surface area contributed by atoms with Crippen molar-refractivity contribution in [2.75, 3.05) is 30.3 Å². The van der Waals surface area contributed by atoms with E-state index in [1.54, 1.807) is 50.2 Å². The second-order valence-electron chi connectivity index (χ2n) is 8.83. The Bertz CT molecular complexity index is 1380. The number of amides is 2. The second kappa shape index (κ2) is 14.6. The van der Waals surface area contributed by atoms with Crippen molar-refractivity contribution in [3.05, 3.63) is 82.8 Å². The highest BCUT2D eigenvalue weighted by molar-refractivity contribution is 9.10. The van der Waals surface area contributed by atoms with Crippen molar-refractivity contribution in [3.63, 3.8) is 0 Å². The van der Waals surface area contributed by atoms with Gasteiger partial charge in [-0.2, -0.15) is 0 Å². The number of carbonyl (C=O) groups excluding carboxylic acids is 2. The lowest BCUT2D eigenvalue weighted by Crippen LogP contribution is -2.51. The van der Waals surface area contributed by atoms with Gasteiger partial charge in [-0.3, -0.25) is 13.9 Å². The molecule has 0 aliphatic heterocycles. The molecule has 0 saturated carbocycles. The smallest absolute Gasteiger partial charge is 0.264 e. The first-order valence-electron chi connectivity index (χ1n) is 12.8. The predicted molar refractivity (Wildman–Crippen MR) is 163 cm³/mol. The Morgan fingerprint density at radius 3 is 2.15 bits per heavy atom. The van der Waals surface area contributed by atoms with Gasteiger partial charge >= 0.3 is 0 Å². The number of nitrogens with zero attached hydrogens (tertiary/aromatic N) is 2. The quantitative estimate of drug-likeness (QED) is 0.252. The summed E-state index contributed by atoms with van der Waals surface area (Å²) in [4.78, 5) is 29.1. The molecule has 0 aromatic heterocycles. The molecule has 2 amide bonds. The Morgan fingerprint density at radius 1 is 0.975 bits per heavy atom. The van der Waals surface area contributed by atoms with Crippen LogP contribution < -0.4 is 14.4 Å². The van der Waals surface area contributed by atoms with Crippen LogP contribution in [0, 0.1) is 0 Å². The number of likely N-dealkylation sites (N-methyl/N-ethyl adjacent to an activating group) is 1. The molecule has 11 heteroatoms. The molecule has 0 aliphatic carbocycles. The van der Waals surface area contributed by atoms with Gasteiger partial charge in [-0.1, -0.05) is 28.1 Å². The minimum Gasteiger partial charge on any atom is -0.494 e. The molecule has 0 fully saturated rings. The fraction of sp³-hybridized carbons (Fsp3) is 0.310. The molecule has 40 heavy (non-hydrogen) atoms. The summed E-state index contributed by atoms with van der Waals surface area (Å²) in [7, 11) is -4.14. The normalized spacial score (nSPS) is 11.9. The minimum absolute atomic E-state index is 0.0585. The van der Waals surface area contributed by atoms with Crippen LogP contribution in [0.4, 0.5) is 5.69 Å². The van der Waals surface area contributed by atoms with E-state index in [9.17, 15) is 18.0 Å². The number of hydrogen-bond donors (Lipinski definition) is 1. The van der Waals surface area contributed by atoms with Crippen molar-refractivity contribution < 1.29 is 22.7 Å². The molecule has 0 saturated heterocycles. The molecule has 0 aliphatic rings. The number of benzene rings is 3. The van der Waals surface area contributed by atoms with E-state index in [1.165, 1.54) is 28.8 Å². The summed E-state index contributed by atoms with van der Waals surface area (Å²) < 4.78 is 35.4. The van der Waals surface area contributed by atoms with Gasteiger partial charge in [-0.25, -0.2) is 8.42 Å². The van der Waals surface area contributed by atoms with E-state index in [0.717, 1.165) is 19.2 Å². The molecule has 0 unspecified atom stereocenters. The van der Waals surface area contributed by atoms with Crippen LogP contribution in [0.15, 0.2) is 87.1 Å². The lowest BCUT2D eigenvalue weighted by molar-refractivity contribution is -0.139. The summed E-state index contributed by atoms with van der Waals surface area (Å²) >= 11 is 4.91. The van der Waals surface area contributed by atoms with Crippen LogP contribution >= 0.6 is 27.7 Å². The molecule has 3 aromatic carbocycles. The first-order chi connectivity index (χ1) is 19.1. The number of hydrogen-bond acceptors (Lipinski definition) is 6. The zero-order valence-corrected chi connectivity index (χ0v) is 26.2. The zero-order valence-electron chi connectivity index (χ0n) is 23.0. The van der Waals surface area contributed by atoms with E-state index >= 15 is 0 Å². The van der Waals surface area contributed by atoms with Crippen LogP contribution in [0.3, 0.4) is 0 Å². The van der Waals surface area contributed by atoms with Crippen LogP contribution in [0.2, 0.25) is 0 Å². The molecule has 0 spiro atoms. The molecular weight excluding hydrogens is 614 g/mol. The highest BCUT2D eigenvalue weighted by Crippen LogP contribution is 2.28. The van der Waals surface area contributed by atoms with Gasteiger partial charge in [0.05, 0.1) is 17.2 Å². The largest absolute Gasteiger partial charge is 0.494 e. The monoisotopic (exact) mass is 647 g/mol. The van der Waals surface area contributed by atoms with E-state index in [2.05, 4.69) is 21.2 Å². The Kier molecular flexibility index (Phi) is 11.5. The second-order valence-corrected chi connectivity index (χ2v) is 12.5. The third-order valence-electron chi connectivity index (χ3n) is 6.15. The summed E-state index contributed by atoms with van der Waals surface area (Å²) in [6.45, 7) is 5.79. The topological polar surface area (TPSA) is 96.0 Å². The Hall–Kier alpha value is -3.02. The molecule has 214 valence electrons. The van der Waals surface area contributed by atoms with Gasteiger partial charge in [0.2, 0.25) is 11.8 Å². The number of rotatable bonds is 13. The number of ether oxygens (including phenoxy) is 1. The number of sulfonamides is 1. The Labute approximate surface area is 249 Å². The van der Waals surface area contributed by atoms with E-state index in [1.807, 2.05) is 37.4 Å². The van der Waals surface area contributed by atoms with Crippen LogP contribution in [0.25, 0.3) is 0 Å². The van der Waals surface area contributed by atoms with Crippen molar-refractivity contribution in [2.45, 2.75) is 43.1 Å². The predicted octanol–water partition coefficient (Wildman–Crippen LogP) is 5.32. The highest BCUT2D eigenvalue weighted by Gasteiger charge is 2.32. The standard InChI is InChI=1S/C29H34BrN3O5S2/c1-5-31-29(35)21(3)32(19-22-7-9-23(30)10-8-22)28(34)20-33(24-11-13-25(14-12-24)38-6-2)40(36,37)27-17-15-26(39-4)16-18-27/h7-18,21H,5-6,19-20H2,1-4H3,(H,31,35)/t21-/m1/s1. The van der Waals surface area contributed by atoms with E-state index in [-0.39, 0.29) is 17.3 Å². The van der Waals surface area contributed by atoms with Crippen LogP contribution in [0.5, 0.6) is 5.75 Å². The van der Waals surface area contributed by atoms with Crippen molar-refractivity contribution in [2.24, 2.45) is 0 Å². The zero-order chi connectivity index (χ0) is 29.3. The van der Waals surface area contributed by atoms with Crippen LogP contribution in [0.1, 0.15) is 26.3 Å². The SMILES string of the molecule is CCNC(=O)[C@@H](C)N(Cc1ccc(Br)cc1)C(=O)CN(c1ccc(OCC)cc1)S(=O)(=O)c1ccc(SC)cc1. The number of nitrogens with one attached hydrogen (secondary N) is 1. The van der Waals surface area contributed by atoms with E-state index in [4.69, 9.17) is 4.74 Å². The molecule has 0 bridgehead atoms. The van der Waals surface area contributed by atoms with Crippen molar-refractivity contribution in [1.29, 1.82) is 0 Å². The summed E-state index contributed by atoms with van der Waals surface area (Å²) in [6.07, 6.45) is 1.91. The highest BCUT2D eigenvalue weighted by atomic mass is 79.9. The molecule has 1 N–H and O–H groups in total. The molecular formula is C29H34BrN3O5S2. The molecule has 0 heterocycles. The van der Waals surface area contributed by atoms with Crippen molar-refractivity contribution >= 4 is 55.2 Å². The summed E-state index contributed by atoms with van der Waals surface area (Å²) in [6, 6.07) is 19.6. The third kappa shape index (κ3) is 8.02. The van der Waals surface area contributed by atoms with Gasteiger partial charge in [0.15, 0.2) is 0 Å². The van der Waals surface area contributed by atoms with Gasteiger partial charge in [0.1, 0.15) is 18.3 Å². The Morgan fingerprint density at radius 2 is 1.60 bits per heavy atom. The number of thioether (sulfide) groups is 1. The summed E-state index contributed by atoms with van der Waals surface area (Å²) in [5.74, 6) is -0.253. The molecule has 0 radical (unpaired) electrons.